The van der Waals surface area contributed by atoms with E-state index in [9.17, 15) is 9.59 Å². The predicted molar refractivity (Wildman–Crippen MR) is 117 cm³/mol. The van der Waals surface area contributed by atoms with Gasteiger partial charge in [-0.25, -0.2) is 0 Å². The summed E-state index contributed by atoms with van der Waals surface area (Å²) in [6.45, 7) is 7.71. The molecule has 0 unspecified atom stereocenters. The first kappa shape index (κ1) is 20.3. The highest BCUT2D eigenvalue weighted by atomic mass is 16.2. The lowest BCUT2D eigenvalue weighted by molar-refractivity contribution is 0.101. The van der Waals surface area contributed by atoms with Crippen LogP contribution in [0.4, 0.5) is 17.1 Å². The standard InChI is InChI=1S/C24H25N3O2/c1-15(2)21-10-5-7-16(3)23(21)27-24(29)22-14-20(11-12-25-22)26-19-9-6-8-18(13-19)17(4)28/h5-15H,1-4H3,(H,25,26)(H,27,29). The van der Waals surface area contributed by atoms with Crippen molar-refractivity contribution in [1.29, 1.82) is 0 Å². The highest BCUT2D eigenvalue weighted by Gasteiger charge is 2.14. The Kier molecular flexibility index (Phi) is 6.07. The lowest BCUT2D eigenvalue weighted by Crippen LogP contribution is -2.16. The Hall–Kier alpha value is -3.47. The maximum atomic E-state index is 12.8. The van der Waals surface area contributed by atoms with Gasteiger partial charge in [0, 0.05) is 28.8 Å². The smallest absolute Gasteiger partial charge is 0.274 e. The highest BCUT2D eigenvalue weighted by Crippen LogP contribution is 2.28. The summed E-state index contributed by atoms with van der Waals surface area (Å²) in [5.74, 6) is 0.0321. The number of amides is 1. The number of pyridine rings is 1. The molecule has 0 saturated carbocycles. The molecule has 3 aromatic rings. The molecule has 0 radical (unpaired) electrons. The normalized spacial score (nSPS) is 10.7. The second kappa shape index (κ2) is 8.69. The first-order chi connectivity index (χ1) is 13.8. The summed E-state index contributed by atoms with van der Waals surface area (Å²) >= 11 is 0. The molecule has 0 aliphatic carbocycles. The number of aromatic nitrogens is 1. The van der Waals surface area contributed by atoms with Crippen molar-refractivity contribution in [2.24, 2.45) is 0 Å². The molecule has 1 aromatic heterocycles. The number of benzene rings is 2. The van der Waals surface area contributed by atoms with Crippen molar-refractivity contribution in [3.8, 4) is 0 Å². The molecule has 0 aliphatic heterocycles. The summed E-state index contributed by atoms with van der Waals surface area (Å²) in [6.07, 6.45) is 1.59. The molecule has 0 bridgehead atoms. The van der Waals surface area contributed by atoms with Gasteiger partial charge in [0.15, 0.2) is 5.78 Å². The van der Waals surface area contributed by atoms with Crippen molar-refractivity contribution in [3.05, 3.63) is 83.2 Å². The van der Waals surface area contributed by atoms with E-state index in [1.54, 1.807) is 30.5 Å². The fourth-order valence-corrected chi connectivity index (χ4v) is 3.13. The van der Waals surface area contributed by atoms with Crippen LogP contribution in [-0.4, -0.2) is 16.7 Å². The Morgan fingerprint density at radius 1 is 0.966 bits per heavy atom. The van der Waals surface area contributed by atoms with Crippen molar-refractivity contribution >= 4 is 28.8 Å². The number of Topliss-reactive ketones (excluding diaryl/α,β-unsaturated/α-hetero) is 1. The molecule has 2 aromatic carbocycles. The van der Waals surface area contributed by atoms with Gasteiger partial charge in [-0.15, -0.1) is 0 Å². The third-order valence-corrected chi connectivity index (χ3v) is 4.72. The van der Waals surface area contributed by atoms with E-state index in [-0.39, 0.29) is 11.7 Å². The van der Waals surface area contributed by atoms with E-state index in [2.05, 4.69) is 29.5 Å². The molecule has 1 amide bonds. The van der Waals surface area contributed by atoms with Crippen LogP contribution >= 0.6 is 0 Å². The minimum atomic E-state index is -0.262. The van der Waals surface area contributed by atoms with Gasteiger partial charge in [0.2, 0.25) is 0 Å². The van der Waals surface area contributed by atoms with Crippen molar-refractivity contribution in [2.45, 2.75) is 33.6 Å². The number of nitrogens with zero attached hydrogens (tertiary/aromatic N) is 1. The molecule has 3 rings (SSSR count). The molecule has 2 N–H and O–H groups in total. The zero-order chi connectivity index (χ0) is 21.0. The van der Waals surface area contributed by atoms with Gasteiger partial charge in [0.25, 0.3) is 5.91 Å². The second-order valence-corrected chi connectivity index (χ2v) is 7.34. The zero-order valence-corrected chi connectivity index (χ0v) is 17.1. The number of aryl methyl sites for hydroxylation is 1. The fourth-order valence-electron chi connectivity index (χ4n) is 3.13. The van der Waals surface area contributed by atoms with Crippen LogP contribution in [0.1, 0.15) is 58.7 Å². The van der Waals surface area contributed by atoms with E-state index < -0.39 is 0 Å². The fraction of sp³-hybridized carbons (Fsp3) is 0.208. The molecule has 5 nitrogen and oxygen atoms in total. The van der Waals surface area contributed by atoms with Gasteiger partial charge in [-0.1, -0.05) is 44.2 Å². The van der Waals surface area contributed by atoms with Gasteiger partial charge in [-0.2, -0.15) is 0 Å². The molecule has 148 valence electrons. The van der Waals surface area contributed by atoms with Gasteiger partial charge < -0.3 is 10.6 Å². The van der Waals surface area contributed by atoms with Crippen LogP contribution in [0.25, 0.3) is 0 Å². The summed E-state index contributed by atoms with van der Waals surface area (Å²) in [5, 5.41) is 6.24. The largest absolute Gasteiger partial charge is 0.355 e. The molecular weight excluding hydrogens is 362 g/mol. The molecule has 29 heavy (non-hydrogen) atoms. The molecule has 0 atom stereocenters. The summed E-state index contributed by atoms with van der Waals surface area (Å²) in [7, 11) is 0. The van der Waals surface area contributed by atoms with Crippen LogP contribution in [0.3, 0.4) is 0 Å². The van der Waals surface area contributed by atoms with E-state index in [0.29, 0.717) is 17.2 Å². The minimum Gasteiger partial charge on any atom is -0.355 e. The van der Waals surface area contributed by atoms with Crippen LogP contribution in [0.5, 0.6) is 0 Å². The van der Waals surface area contributed by atoms with E-state index in [0.717, 1.165) is 28.2 Å². The average Bonchev–Trinajstić information content (AvgIpc) is 2.69. The highest BCUT2D eigenvalue weighted by molar-refractivity contribution is 6.04. The average molecular weight is 387 g/mol. The summed E-state index contributed by atoms with van der Waals surface area (Å²) in [4.78, 5) is 28.6. The molecule has 5 heteroatoms. The Morgan fingerprint density at radius 2 is 1.69 bits per heavy atom. The van der Waals surface area contributed by atoms with Crippen molar-refractivity contribution in [1.82, 2.24) is 4.98 Å². The number of rotatable bonds is 6. The number of anilines is 3. The summed E-state index contributed by atoms with van der Waals surface area (Å²) in [6, 6.07) is 16.7. The van der Waals surface area contributed by atoms with Crippen molar-refractivity contribution in [3.63, 3.8) is 0 Å². The Balaban J connectivity index is 1.82. The van der Waals surface area contributed by atoms with Crippen LogP contribution in [0, 0.1) is 6.92 Å². The lowest BCUT2D eigenvalue weighted by atomic mass is 9.98. The number of hydrogen-bond acceptors (Lipinski definition) is 4. The summed E-state index contributed by atoms with van der Waals surface area (Å²) < 4.78 is 0. The predicted octanol–water partition coefficient (Wildman–Crippen LogP) is 5.71. The van der Waals surface area contributed by atoms with Crippen LogP contribution in [0.15, 0.2) is 60.8 Å². The second-order valence-electron chi connectivity index (χ2n) is 7.34. The van der Waals surface area contributed by atoms with Gasteiger partial charge in [-0.3, -0.25) is 14.6 Å². The number of carbonyl (C=O) groups excluding carboxylic acids is 2. The van der Waals surface area contributed by atoms with Crippen LogP contribution in [-0.2, 0) is 0 Å². The SMILES string of the molecule is CC(=O)c1cccc(Nc2ccnc(C(=O)Nc3c(C)cccc3C(C)C)c2)c1. The molecule has 0 aliphatic rings. The first-order valence-electron chi connectivity index (χ1n) is 9.60. The van der Waals surface area contributed by atoms with E-state index in [1.807, 2.05) is 37.3 Å². The minimum absolute atomic E-state index is 0.00244. The Morgan fingerprint density at radius 3 is 2.41 bits per heavy atom. The Labute approximate surface area is 171 Å². The molecule has 1 heterocycles. The van der Waals surface area contributed by atoms with Gasteiger partial charge in [0.1, 0.15) is 5.69 Å². The Bertz CT molecular complexity index is 1060. The van der Waals surface area contributed by atoms with Crippen LogP contribution in [0.2, 0.25) is 0 Å². The van der Waals surface area contributed by atoms with Crippen molar-refractivity contribution in [2.75, 3.05) is 10.6 Å². The topological polar surface area (TPSA) is 71.1 Å². The quantitative estimate of drug-likeness (QED) is 0.531. The lowest BCUT2D eigenvalue weighted by Gasteiger charge is -2.16. The van der Waals surface area contributed by atoms with E-state index >= 15 is 0 Å². The van der Waals surface area contributed by atoms with Gasteiger partial charge in [0.05, 0.1) is 0 Å². The molecule has 0 fully saturated rings. The summed E-state index contributed by atoms with van der Waals surface area (Å²) in [5.41, 5.74) is 5.38. The molecule has 0 spiro atoms. The maximum Gasteiger partial charge on any atom is 0.274 e. The van der Waals surface area contributed by atoms with Crippen molar-refractivity contribution < 1.29 is 9.59 Å². The third-order valence-electron chi connectivity index (χ3n) is 4.72. The monoisotopic (exact) mass is 387 g/mol. The first-order valence-corrected chi connectivity index (χ1v) is 9.60. The van der Waals surface area contributed by atoms with Gasteiger partial charge >= 0.3 is 0 Å². The number of hydrogen-bond donors (Lipinski definition) is 2. The number of para-hydroxylation sites is 1. The van der Waals surface area contributed by atoms with E-state index in [4.69, 9.17) is 0 Å². The number of ketones is 1. The number of carbonyl (C=O) groups is 2. The molecule has 0 saturated heterocycles. The third kappa shape index (κ3) is 4.88. The maximum absolute atomic E-state index is 12.8. The number of nitrogens with one attached hydrogen (secondary N) is 2. The molecular formula is C24H25N3O2. The van der Waals surface area contributed by atoms with Gasteiger partial charge in [-0.05, 0) is 55.2 Å². The van der Waals surface area contributed by atoms with E-state index in [1.165, 1.54) is 6.92 Å². The van der Waals surface area contributed by atoms with Crippen LogP contribution < -0.4 is 10.6 Å². The zero-order valence-electron chi connectivity index (χ0n) is 17.1.